The largest absolute Gasteiger partial charge is 0.396 e. The van der Waals surface area contributed by atoms with Crippen LogP contribution in [0.2, 0.25) is 0 Å². The number of hydrogen-bond donors (Lipinski definition) is 1. The van der Waals surface area contributed by atoms with Crippen molar-refractivity contribution in [3.63, 3.8) is 0 Å². The highest BCUT2D eigenvalue weighted by Gasteiger charge is 2.19. The molecule has 0 radical (unpaired) electrons. The van der Waals surface area contributed by atoms with Gasteiger partial charge in [-0.1, -0.05) is 39.8 Å². The Morgan fingerprint density at radius 3 is 2.44 bits per heavy atom. The van der Waals surface area contributed by atoms with E-state index in [0.29, 0.717) is 5.57 Å². The van der Waals surface area contributed by atoms with Gasteiger partial charge < -0.3 is 10.6 Å². The first-order valence-corrected chi connectivity index (χ1v) is 8.24. The van der Waals surface area contributed by atoms with Crippen LogP contribution in [0.1, 0.15) is 46.1 Å². The summed E-state index contributed by atoms with van der Waals surface area (Å²) >= 11 is 0. The lowest BCUT2D eigenvalue weighted by Gasteiger charge is -2.25. The van der Waals surface area contributed by atoms with E-state index in [9.17, 15) is 8.78 Å². The first-order valence-electron chi connectivity index (χ1n) is 8.24. The summed E-state index contributed by atoms with van der Waals surface area (Å²) in [6, 6.07) is 2.40. The van der Waals surface area contributed by atoms with Gasteiger partial charge in [0.15, 0.2) is 5.82 Å². The predicted octanol–water partition coefficient (Wildman–Crippen LogP) is 6.12. The first kappa shape index (κ1) is 23.0. The minimum absolute atomic E-state index is 0. The van der Waals surface area contributed by atoms with Crippen molar-refractivity contribution in [2.24, 2.45) is 0 Å². The van der Waals surface area contributed by atoms with E-state index in [0.717, 1.165) is 18.5 Å². The lowest BCUT2D eigenvalue weighted by atomic mass is 9.99. The number of nitrogen functional groups attached to an aromatic ring is 1. The molecule has 0 aliphatic carbocycles. The molecule has 0 fully saturated rings. The number of nitrogens with two attached hydrogens (primary N) is 1. The maximum Gasteiger partial charge on any atom is 0.156 e. The van der Waals surface area contributed by atoms with Crippen molar-refractivity contribution < 1.29 is 8.78 Å². The van der Waals surface area contributed by atoms with E-state index in [1.54, 1.807) is 23.4 Å². The van der Waals surface area contributed by atoms with E-state index in [2.05, 4.69) is 13.5 Å². The lowest BCUT2D eigenvalue weighted by molar-refractivity contribution is 0.577. The molecule has 5 heteroatoms. The van der Waals surface area contributed by atoms with Crippen molar-refractivity contribution >= 4 is 24.8 Å². The highest BCUT2D eigenvalue weighted by atomic mass is 32.1. The van der Waals surface area contributed by atoms with Crippen LogP contribution in [0.5, 0.6) is 0 Å². The second kappa shape index (κ2) is 10.8. The molecule has 0 aromatic heterocycles. The Labute approximate surface area is 156 Å². The molecule has 25 heavy (non-hydrogen) atoms. The Hall–Kier alpha value is -2.01. The third-order valence-corrected chi connectivity index (χ3v) is 3.65. The van der Waals surface area contributed by atoms with Crippen molar-refractivity contribution in [3.8, 4) is 0 Å². The number of allylic oxidation sites excluding steroid dienone is 4. The van der Waals surface area contributed by atoms with Gasteiger partial charge in [0.2, 0.25) is 0 Å². The van der Waals surface area contributed by atoms with Gasteiger partial charge in [0, 0.05) is 23.7 Å². The summed E-state index contributed by atoms with van der Waals surface area (Å²) in [5.74, 6) is -1.37. The van der Waals surface area contributed by atoms with Crippen molar-refractivity contribution in [2.45, 2.75) is 40.5 Å². The number of hydrogen-bond acceptors (Lipinski definition) is 2. The Kier molecular flexibility index (Phi) is 9.91. The molecule has 1 heterocycles. The fourth-order valence-electron chi connectivity index (χ4n) is 2.52. The van der Waals surface area contributed by atoms with Gasteiger partial charge in [0.05, 0.1) is 11.3 Å². The average molecular weight is 367 g/mol. The van der Waals surface area contributed by atoms with E-state index in [1.807, 2.05) is 26.8 Å². The minimum atomic E-state index is -0.738. The standard InChI is InChI=1S/C18H20F2N2.C2H6.H2S/c1-4-6-12(3)16-10-7-13(11-22(16)5-2)17-14(19)8-9-15(21)18(17)20;1-2;/h5,7-11H,2,4,6,21H2,1,3H3;1-2H3;1H2/b16-12-;;. The maximum atomic E-state index is 14.2. The zero-order chi connectivity index (χ0) is 18.3. The van der Waals surface area contributed by atoms with Crippen LogP contribution >= 0.6 is 13.5 Å². The number of benzene rings is 1. The van der Waals surface area contributed by atoms with Crippen molar-refractivity contribution in [1.29, 1.82) is 0 Å². The summed E-state index contributed by atoms with van der Waals surface area (Å²) in [7, 11) is 0. The van der Waals surface area contributed by atoms with E-state index in [-0.39, 0.29) is 24.7 Å². The van der Waals surface area contributed by atoms with Gasteiger partial charge in [0.25, 0.3) is 0 Å². The third-order valence-electron chi connectivity index (χ3n) is 3.65. The Morgan fingerprint density at radius 2 is 1.88 bits per heavy atom. The smallest absolute Gasteiger partial charge is 0.156 e. The Bertz CT molecular complexity index is 691. The second-order valence-electron chi connectivity index (χ2n) is 5.25. The van der Waals surface area contributed by atoms with E-state index < -0.39 is 11.6 Å². The normalized spacial score (nSPS) is 14.8. The first-order chi connectivity index (χ1) is 11.5. The zero-order valence-electron chi connectivity index (χ0n) is 15.4. The van der Waals surface area contributed by atoms with E-state index in [4.69, 9.17) is 5.73 Å². The zero-order valence-corrected chi connectivity index (χ0v) is 16.4. The summed E-state index contributed by atoms with van der Waals surface area (Å²) in [4.78, 5) is 1.78. The molecule has 1 aromatic rings. The molecule has 1 aliphatic rings. The van der Waals surface area contributed by atoms with Gasteiger partial charge in [-0.05, 0) is 37.1 Å². The number of anilines is 1. The minimum Gasteiger partial charge on any atom is -0.396 e. The molecule has 0 atom stereocenters. The van der Waals surface area contributed by atoms with Crippen LogP contribution in [0.3, 0.4) is 0 Å². The summed E-state index contributed by atoms with van der Waals surface area (Å²) in [5.41, 5.74) is 7.96. The molecule has 2 rings (SSSR count). The van der Waals surface area contributed by atoms with Gasteiger partial charge in [-0.25, -0.2) is 8.78 Å². The van der Waals surface area contributed by atoms with Crippen LogP contribution in [-0.2, 0) is 0 Å². The van der Waals surface area contributed by atoms with Crippen LogP contribution in [-0.4, -0.2) is 4.90 Å². The average Bonchev–Trinajstić information content (AvgIpc) is 2.60. The van der Waals surface area contributed by atoms with E-state index >= 15 is 0 Å². The van der Waals surface area contributed by atoms with Gasteiger partial charge in [-0.2, -0.15) is 13.5 Å². The Balaban J connectivity index is 0.00000185. The molecule has 0 bridgehead atoms. The molecule has 138 valence electrons. The van der Waals surface area contributed by atoms with Crippen molar-refractivity contribution in [1.82, 2.24) is 4.90 Å². The maximum absolute atomic E-state index is 14.2. The molecule has 0 amide bonds. The number of halogens is 2. The quantitative estimate of drug-likeness (QED) is 0.651. The van der Waals surface area contributed by atoms with Gasteiger partial charge >= 0.3 is 0 Å². The summed E-state index contributed by atoms with van der Waals surface area (Å²) in [5, 5.41) is 0. The third kappa shape index (κ3) is 5.23. The molecule has 1 aromatic carbocycles. The lowest BCUT2D eigenvalue weighted by Crippen LogP contribution is -2.14. The molecule has 0 saturated heterocycles. The second-order valence-corrected chi connectivity index (χ2v) is 5.25. The summed E-state index contributed by atoms with van der Waals surface area (Å²) < 4.78 is 28.2. The molecular formula is C20H28F2N2S. The molecule has 0 saturated carbocycles. The fourth-order valence-corrected chi connectivity index (χ4v) is 2.52. The van der Waals surface area contributed by atoms with Crippen LogP contribution in [0.15, 0.2) is 54.5 Å². The van der Waals surface area contributed by atoms with Crippen LogP contribution in [0.4, 0.5) is 14.5 Å². The SMILES string of the molecule is C=CN1C=C(c2c(F)ccc(N)c2F)C=C/C1=C(\C)CCC.CC.S. The highest BCUT2D eigenvalue weighted by Crippen LogP contribution is 2.32. The number of nitrogens with zero attached hydrogens (tertiary/aromatic N) is 1. The molecule has 0 spiro atoms. The molecule has 2 N–H and O–H groups in total. The van der Waals surface area contributed by atoms with Crippen LogP contribution < -0.4 is 5.73 Å². The van der Waals surface area contributed by atoms with Gasteiger partial charge in [-0.15, -0.1) is 0 Å². The van der Waals surface area contributed by atoms with Crippen molar-refractivity contribution in [2.75, 3.05) is 5.73 Å². The highest BCUT2D eigenvalue weighted by molar-refractivity contribution is 7.59. The van der Waals surface area contributed by atoms with Crippen molar-refractivity contribution in [3.05, 3.63) is 71.7 Å². The molecular weight excluding hydrogens is 338 g/mol. The molecule has 1 aliphatic heterocycles. The topological polar surface area (TPSA) is 29.3 Å². The fraction of sp³-hybridized carbons (Fsp3) is 0.300. The molecule has 2 nitrogen and oxygen atoms in total. The Morgan fingerprint density at radius 1 is 1.24 bits per heavy atom. The van der Waals surface area contributed by atoms with Crippen LogP contribution in [0, 0.1) is 11.6 Å². The number of rotatable bonds is 4. The summed E-state index contributed by atoms with van der Waals surface area (Å²) in [6.07, 6.45) is 8.83. The van der Waals surface area contributed by atoms with Gasteiger partial charge in [-0.3, -0.25) is 0 Å². The van der Waals surface area contributed by atoms with E-state index in [1.165, 1.54) is 17.7 Å². The summed E-state index contributed by atoms with van der Waals surface area (Å²) in [6.45, 7) is 11.9. The van der Waals surface area contributed by atoms with Gasteiger partial charge in [0.1, 0.15) is 5.82 Å². The molecule has 0 unspecified atom stereocenters. The monoisotopic (exact) mass is 366 g/mol. The van der Waals surface area contributed by atoms with Crippen LogP contribution in [0.25, 0.3) is 5.57 Å². The predicted molar refractivity (Wildman–Crippen MR) is 109 cm³/mol.